The zero-order chi connectivity index (χ0) is 19.9. The molecule has 0 bridgehead atoms. The molecule has 1 fully saturated rings. The third kappa shape index (κ3) is 3.59. The molecule has 1 atom stereocenters. The molecule has 4 rings (SSSR count). The van der Waals surface area contributed by atoms with E-state index < -0.39 is 17.4 Å². The molecule has 1 saturated carbocycles. The predicted octanol–water partition coefficient (Wildman–Crippen LogP) is 3.08. The molecule has 0 spiro atoms. The van der Waals surface area contributed by atoms with Crippen LogP contribution in [0.4, 0.5) is 18.9 Å². The summed E-state index contributed by atoms with van der Waals surface area (Å²) in [5.41, 5.74) is 15.7. The molecule has 28 heavy (non-hydrogen) atoms. The molecule has 6 N–H and O–H groups in total. The first kappa shape index (κ1) is 18.8. The zero-order valence-electron chi connectivity index (χ0n) is 15.2. The van der Waals surface area contributed by atoms with Crippen LogP contribution in [-0.2, 0) is 6.18 Å². The van der Waals surface area contributed by atoms with E-state index in [0.29, 0.717) is 17.2 Å². The highest BCUT2D eigenvalue weighted by Crippen LogP contribution is 2.36. The number of halogens is 3. The average Bonchev–Trinajstić information content (AvgIpc) is 3.10. The van der Waals surface area contributed by atoms with E-state index in [0.717, 1.165) is 37.8 Å². The molecule has 9 heteroatoms. The lowest BCUT2D eigenvalue weighted by Gasteiger charge is -2.42. The highest BCUT2D eigenvalue weighted by atomic mass is 19.4. The summed E-state index contributed by atoms with van der Waals surface area (Å²) in [7, 11) is 0. The maximum atomic E-state index is 12.8. The van der Waals surface area contributed by atoms with Gasteiger partial charge in [0.2, 0.25) is 0 Å². The van der Waals surface area contributed by atoms with Crippen molar-refractivity contribution in [3.8, 4) is 0 Å². The van der Waals surface area contributed by atoms with E-state index in [9.17, 15) is 13.2 Å². The molecule has 1 unspecified atom stereocenters. The number of anilines is 1. The zero-order valence-corrected chi connectivity index (χ0v) is 15.2. The normalized spacial score (nSPS) is 27.5. The van der Waals surface area contributed by atoms with E-state index >= 15 is 0 Å². The summed E-state index contributed by atoms with van der Waals surface area (Å²) in [6, 6.07) is 5.11. The number of hydrogen-bond acceptors (Lipinski definition) is 5. The van der Waals surface area contributed by atoms with Crippen LogP contribution in [0.15, 0.2) is 42.7 Å². The van der Waals surface area contributed by atoms with Crippen molar-refractivity contribution in [2.24, 2.45) is 17.4 Å². The van der Waals surface area contributed by atoms with Gasteiger partial charge in [0.05, 0.1) is 11.3 Å². The number of hydrogen-bond donors (Lipinski definition) is 4. The summed E-state index contributed by atoms with van der Waals surface area (Å²) in [5, 5.41) is 3.17. The molecule has 1 aromatic heterocycles. The number of nitrogens with one attached hydrogen (secondary N) is 2. The number of alkyl halides is 3. The first-order valence-electron chi connectivity index (χ1n) is 9.28. The lowest BCUT2D eigenvalue weighted by molar-refractivity contribution is -0.137. The predicted molar refractivity (Wildman–Crippen MR) is 101 cm³/mol. The second kappa shape index (κ2) is 6.82. The van der Waals surface area contributed by atoms with Gasteiger partial charge in [-0.15, -0.1) is 0 Å². The molecule has 2 aromatic rings. The van der Waals surface area contributed by atoms with Gasteiger partial charge in [-0.25, -0.2) is 9.66 Å². The Morgan fingerprint density at radius 3 is 2.46 bits per heavy atom. The summed E-state index contributed by atoms with van der Waals surface area (Å²) in [6.07, 6.45) is 4.57. The van der Waals surface area contributed by atoms with Crippen molar-refractivity contribution in [1.82, 2.24) is 9.66 Å². The first-order valence-corrected chi connectivity index (χ1v) is 9.28. The minimum Gasteiger partial charge on any atom is -0.353 e. The fourth-order valence-electron chi connectivity index (χ4n) is 3.93. The molecular weight excluding hydrogens is 369 g/mol. The van der Waals surface area contributed by atoms with Crippen LogP contribution in [0.3, 0.4) is 0 Å². The molecule has 0 radical (unpaired) electrons. The highest BCUT2D eigenvalue weighted by molar-refractivity contribution is 5.76. The Hall–Kier alpha value is -2.52. The summed E-state index contributed by atoms with van der Waals surface area (Å²) < 4.78 is 40.1. The molecule has 2 heterocycles. The lowest BCUT2D eigenvalue weighted by atomic mass is 9.78. The van der Waals surface area contributed by atoms with Crippen LogP contribution in [0.1, 0.15) is 37.1 Å². The van der Waals surface area contributed by atoms with Crippen molar-refractivity contribution in [3.05, 3.63) is 54.1 Å². The number of fused-ring (bicyclic) bond motifs is 1. The maximum Gasteiger partial charge on any atom is 0.416 e. The Morgan fingerprint density at radius 2 is 1.82 bits per heavy atom. The number of aromatic nitrogens is 2. The minimum absolute atomic E-state index is 0.187. The summed E-state index contributed by atoms with van der Waals surface area (Å²) in [5.74, 6) is 0.806. The van der Waals surface area contributed by atoms with Crippen molar-refractivity contribution in [3.63, 3.8) is 0 Å². The largest absolute Gasteiger partial charge is 0.416 e. The number of rotatable bonds is 3. The van der Waals surface area contributed by atoms with Crippen molar-refractivity contribution in [2.75, 3.05) is 10.7 Å². The summed E-state index contributed by atoms with van der Waals surface area (Å²) >= 11 is 0. The first-order chi connectivity index (χ1) is 13.2. The van der Waals surface area contributed by atoms with Crippen LogP contribution in [0, 0.1) is 5.92 Å². The van der Waals surface area contributed by atoms with E-state index in [1.165, 1.54) is 12.1 Å². The molecule has 150 valence electrons. The Morgan fingerprint density at radius 1 is 1.14 bits per heavy atom. The number of imidazole rings is 1. The molecule has 2 aliphatic rings. The van der Waals surface area contributed by atoms with Crippen LogP contribution >= 0.6 is 0 Å². The highest BCUT2D eigenvalue weighted by Gasteiger charge is 2.39. The fraction of sp³-hybridized carbons (Fsp3) is 0.421. The third-order valence-electron chi connectivity index (χ3n) is 5.52. The molecule has 6 nitrogen and oxygen atoms in total. The molecule has 0 saturated heterocycles. The topological polar surface area (TPSA) is 93.9 Å². The van der Waals surface area contributed by atoms with Crippen molar-refractivity contribution < 1.29 is 13.2 Å². The van der Waals surface area contributed by atoms with Gasteiger partial charge in [-0.3, -0.25) is 0 Å². The maximum absolute atomic E-state index is 12.8. The van der Waals surface area contributed by atoms with Crippen molar-refractivity contribution >= 4 is 11.4 Å². The molecule has 1 aromatic carbocycles. The van der Waals surface area contributed by atoms with Crippen LogP contribution in [0.5, 0.6) is 0 Å². The second-order valence-electron chi connectivity index (χ2n) is 7.54. The monoisotopic (exact) mass is 392 g/mol. The second-order valence-corrected chi connectivity index (χ2v) is 7.54. The molecule has 1 aliphatic heterocycles. The van der Waals surface area contributed by atoms with E-state index in [1.807, 2.05) is 6.08 Å². The smallest absolute Gasteiger partial charge is 0.353 e. The standard InChI is InChI=1S/C19H23F3N6/c20-19(21,22)13-3-7-15(8-4-13)26-16-11-18(24,12-1-5-14(23)6-2-12)27-28-10-9-25-17(16)28/h3-4,7-12,14,26-27H,1-2,5-6,23-24H2. The van der Waals surface area contributed by atoms with Crippen molar-refractivity contribution in [2.45, 2.75) is 43.6 Å². The number of nitrogens with two attached hydrogens (primary N) is 2. The summed E-state index contributed by atoms with van der Waals surface area (Å²) in [4.78, 5) is 4.33. The Kier molecular flexibility index (Phi) is 4.59. The van der Waals surface area contributed by atoms with Gasteiger partial charge < -0.3 is 22.2 Å². The van der Waals surface area contributed by atoms with E-state index in [-0.39, 0.29) is 12.0 Å². The van der Waals surface area contributed by atoms with E-state index in [4.69, 9.17) is 11.5 Å². The van der Waals surface area contributed by atoms with Gasteiger partial charge in [0.1, 0.15) is 5.66 Å². The average molecular weight is 392 g/mol. The molecule has 1 aliphatic carbocycles. The summed E-state index contributed by atoms with van der Waals surface area (Å²) in [6.45, 7) is 0. The molecule has 0 amide bonds. The van der Waals surface area contributed by atoms with Crippen molar-refractivity contribution in [1.29, 1.82) is 0 Å². The van der Waals surface area contributed by atoms with Crippen LogP contribution < -0.4 is 22.2 Å². The lowest BCUT2D eigenvalue weighted by Crippen LogP contribution is -2.58. The van der Waals surface area contributed by atoms with E-state index in [2.05, 4.69) is 15.7 Å². The van der Waals surface area contributed by atoms with Gasteiger partial charge in [-0.05, 0) is 56.0 Å². The Balaban J connectivity index is 1.61. The van der Waals surface area contributed by atoms with Gasteiger partial charge >= 0.3 is 6.18 Å². The van der Waals surface area contributed by atoms with Gasteiger partial charge in [0.15, 0.2) is 5.82 Å². The third-order valence-corrected chi connectivity index (χ3v) is 5.52. The van der Waals surface area contributed by atoms with Gasteiger partial charge in [-0.2, -0.15) is 13.2 Å². The number of nitrogens with zero attached hydrogens (tertiary/aromatic N) is 2. The molecular formula is C19H23F3N6. The quantitative estimate of drug-likeness (QED) is 0.644. The van der Waals surface area contributed by atoms with Crippen LogP contribution in [0.2, 0.25) is 0 Å². The van der Waals surface area contributed by atoms with Gasteiger partial charge in [0, 0.05) is 30.0 Å². The Bertz CT molecular complexity index is 865. The fourth-order valence-corrected chi connectivity index (χ4v) is 3.93. The van der Waals surface area contributed by atoms with Crippen LogP contribution in [0.25, 0.3) is 5.70 Å². The SMILES string of the molecule is NC1CCC(C2(N)C=C(Nc3ccc(C(F)(F)F)cc3)c3nccn3N2)CC1. The van der Waals surface area contributed by atoms with Gasteiger partial charge in [0.25, 0.3) is 0 Å². The van der Waals surface area contributed by atoms with Crippen LogP contribution in [-0.4, -0.2) is 21.4 Å². The Labute approximate surface area is 160 Å². The minimum atomic E-state index is -4.36. The van der Waals surface area contributed by atoms with Gasteiger partial charge in [-0.1, -0.05) is 0 Å². The van der Waals surface area contributed by atoms with E-state index in [1.54, 1.807) is 17.1 Å². The number of benzene rings is 1.